The first-order valence-electron chi connectivity index (χ1n) is 8.46. The molecule has 0 amide bonds. The molecule has 122 valence electrons. The Kier molecular flexibility index (Phi) is 3.81. The van der Waals surface area contributed by atoms with Crippen molar-refractivity contribution in [2.75, 3.05) is 11.9 Å². The fourth-order valence-corrected chi connectivity index (χ4v) is 3.40. The molecule has 4 rings (SSSR count). The number of aromatic carboxylic acids is 1. The summed E-state index contributed by atoms with van der Waals surface area (Å²) < 4.78 is 0. The first-order valence-corrected chi connectivity index (χ1v) is 8.46. The van der Waals surface area contributed by atoms with Gasteiger partial charge >= 0.3 is 5.97 Å². The van der Waals surface area contributed by atoms with Crippen molar-refractivity contribution in [1.82, 2.24) is 4.98 Å². The predicted octanol–water partition coefficient (Wildman–Crippen LogP) is 4.10. The van der Waals surface area contributed by atoms with Crippen LogP contribution in [0.3, 0.4) is 0 Å². The maximum absolute atomic E-state index is 11.3. The van der Waals surface area contributed by atoms with Crippen LogP contribution in [0.2, 0.25) is 0 Å². The molecule has 1 aromatic carbocycles. The van der Waals surface area contributed by atoms with Gasteiger partial charge in [0.05, 0.1) is 17.4 Å². The quantitative estimate of drug-likeness (QED) is 0.870. The van der Waals surface area contributed by atoms with E-state index >= 15 is 0 Å². The van der Waals surface area contributed by atoms with Crippen LogP contribution in [0.25, 0.3) is 5.57 Å². The third-order valence-corrected chi connectivity index (χ3v) is 4.85. The summed E-state index contributed by atoms with van der Waals surface area (Å²) >= 11 is 0. The Bertz CT molecular complexity index is 822. The van der Waals surface area contributed by atoms with Gasteiger partial charge < -0.3 is 10.4 Å². The smallest absolute Gasteiger partial charge is 0.337 e. The Morgan fingerprint density at radius 3 is 2.96 bits per heavy atom. The average molecular weight is 320 g/mol. The lowest BCUT2D eigenvalue weighted by Crippen LogP contribution is -2.12. The van der Waals surface area contributed by atoms with Crippen LogP contribution in [0.15, 0.2) is 42.7 Å². The summed E-state index contributed by atoms with van der Waals surface area (Å²) in [6.45, 7) is 0.613. The van der Waals surface area contributed by atoms with Gasteiger partial charge in [-0.2, -0.15) is 0 Å². The van der Waals surface area contributed by atoms with E-state index in [0.29, 0.717) is 12.2 Å². The van der Waals surface area contributed by atoms with Crippen LogP contribution >= 0.6 is 0 Å². The normalized spacial score (nSPS) is 16.2. The second kappa shape index (κ2) is 6.11. The number of hydrogen-bond donors (Lipinski definition) is 2. The van der Waals surface area contributed by atoms with Crippen molar-refractivity contribution in [3.63, 3.8) is 0 Å². The lowest BCUT2D eigenvalue weighted by atomic mass is 9.88. The van der Waals surface area contributed by atoms with E-state index < -0.39 is 5.97 Å². The number of allylic oxidation sites excluding steroid dienone is 1. The summed E-state index contributed by atoms with van der Waals surface area (Å²) in [7, 11) is 0. The zero-order valence-electron chi connectivity index (χ0n) is 13.5. The Balaban J connectivity index is 1.54. The number of aromatic nitrogens is 1. The van der Waals surface area contributed by atoms with E-state index in [4.69, 9.17) is 0 Å². The summed E-state index contributed by atoms with van der Waals surface area (Å²) in [4.78, 5) is 15.3. The summed E-state index contributed by atoms with van der Waals surface area (Å²) in [5, 5.41) is 12.5. The van der Waals surface area contributed by atoms with Gasteiger partial charge in [0.1, 0.15) is 0 Å². The average Bonchev–Trinajstić information content (AvgIpc) is 3.44. The van der Waals surface area contributed by atoms with Crippen LogP contribution in [0.4, 0.5) is 5.69 Å². The minimum atomic E-state index is -0.938. The molecule has 2 aromatic rings. The molecule has 1 aromatic heterocycles. The number of hydrogen-bond acceptors (Lipinski definition) is 3. The molecule has 4 heteroatoms. The Labute approximate surface area is 141 Å². The van der Waals surface area contributed by atoms with Crippen LogP contribution in [-0.4, -0.2) is 22.6 Å². The number of carboxylic acid groups (broad SMARTS) is 1. The minimum Gasteiger partial charge on any atom is -0.478 e. The molecule has 0 bridgehead atoms. The number of nitrogens with zero attached hydrogens (tertiary/aromatic N) is 1. The first kappa shape index (κ1) is 14.9. The number of rotatable bonds is 5. The largest absolute Gasteiger partial charge is 0.478 e. The van der Waals surface area contributed by atoms with Gasteiger partial charge in [-0.1, -0.05) is 24.3 Å². The monoisotopic (exact) mass is 320 g/mol. The fourth-order valence-electron chi connectivity index (χ4n) is 3.40. The molecule has 2 aliphatic carbocycles. The molecule has 4 nitrogen and oxygen atoms in total. The molecule has 1 fully saturated rings. The molecule has 2 aliphatic rings. The summed E-state index contributed by atoms with van der Waals surface area (Å²) in [6, 6.07) is 8.38. The lowest BCUT2D eigenvalue weighted by molar-refractivity contribution is 0.0698. The fraction of sp³-hybridized carbons (Fsp3) is 0.300. The van der Waals surface area contributed by atoms with Gasteiger partial charge in [0.25, 0.3) is 0 Å². The number of aryl methyl sites for hydroxylation is 1. The van der Waals surface area contributed by atoms with Gasteiger partial charge in [0.15, 0.2) is 0 Å². The maximum atomic E-state index is 11.3. The SMILES string of the molecule is O=C(O)c1ccncc1NCC1=CCCc2cc(C3CC3)ccc21. The highest BCUT2D eigenvalue weighted by atomic mass is 16.4. The molecule has 24 heavy (non-hydrogen) atoms. The van der Waals surface area contributed by atoms with Crippen LogP contribution in [0, 0.1) is 0 Å². The van der Waals surface area contributed by atoms with Gasteiger partial charge in [-0.15, -0.1) is 0 Å². The maximum Gasteiger partial charge on any atom is 0.337 e. The number of benzene rings is 1. The van der Waals surface area contributed by atoms with Gasteiger partial charge in [-0.3, -0.25) is 4.98 Å². The molecule has 0 aliphatic heterocycles. The minimum absolute atomic E-state index is 0.255. The van der Waals surface area contributed by atoms with E-state index in [2.05, 4.69) is 34.6 Å². The van der Waals surface area contributed by atoms with E-state index in [1.807, 2.05) is 0 Å². The van der Waals surface area contributed by atoms with Crippen molar-refractivity contribution < 1.29 is 9.90 Å². The van der Waals surface area contributed by atoms with Gasteiger partial charge in [0.2, 0.25) is 0 Å². The van der Waals surface area contributed by atoms with Crippen molar-refractivity contribution in [3.8, 4) is 0 Å². The third kappa shape index (κ3) is 2.92. The molecule has 0 spiro atoms. The van der Waals surface area contributed by atoms with Gasteiger partial charge in [0, 0.05) is 12.7 Å². The van der Waals surface area contributed by atoms with Crippen molar-refractivity contribution >= 4 is 17.2 Å². The Hall–Kier alpha value is -2.62. The second-order valence-corrected chi connectivity index (χ2v) is 6.54. The van der Waals surface area contributed by atoms with E-state index in [-0.39, 0.29) is 5.56 Å². The molecular formula is C20H20N2O2. The van der Waals surface area contributed by atoms with E-state index in [1.54, 1.807) is 6.20 Å². The number of carbonyl (C=O) groups is 1. The van der Waals surface area contributed by atoms with Gasteiger partial charge in [-0.05, 0) is 59.9 Å². The van der Waals surface area contributed by atoms with Crippen LogP contribution < -0.4 is 5.32 Å². The standard InChI is InChI=1S/C20H20N2O2/c23-20(24)18-8-9-21-12-19(18)22-11-16-3-1-2-15-10-14(13-4-5-13)6-7-17(15)16/h3,6-10,12-13,22H,1-2,4-5,11H2,(H,23,24). The zero-order valence-corrected chi connectivity index (χ0v) is 13.5. The van der Waals surface area contributed by atoms with Crippen LogP contribution in [-0.2, 0) is 6.42 Å². The number of nitrogens with one attached hydrogen (secondary N) is 1. The molecule has 2 N–H and O–H groups in total. The van der Waals surface area contributed by atoms with E-state index in [9.17, 15) is 9.90 Å². The van der Waals surface area contributed by atoms with Crippen LogP contribution in [0.1, 0.15) is 52.2 Å². The molecule has 0 unspecified atom stereocenters. The second-order valence-electron chi connectivity index (χ2n) is 6.54. The summed E-state index contributed by atoms with van der Waals surface area (Å²) in [5.74, 6) is -0.164. The number of pyridine rings is 1. The topological polar surface area (TPSA) is 62.2 Å². The van der Waals surface area contributed by atoms with Crippen molar-refractivity contribution in [2.45, 2.75) is 31.6 Å². The van der Waals surface area contributed by atoms with Crippen LogP contribution in [0.5, 0.6) is 0 Å². The third-order valence-electron chi connectivity index (χ3n) is 4.85. The van der Waals surface area contributed by atoms with Crippen molar-refractivity contribution in [3.05, 3.63) is 65.0 Å². The van der Waals surface area contributed by atoms with Gasteiger partial charge in [-0.25, -0.2) is 4.79 Å². The number of fused-ring (bicyclic) bond motifs is 1. The number of carboxylic acids is 1. The van der Waals surface area contributed by atoms with Crippen molar-refractivity contribution in [1.29, 1.82) is 0 Å². The highest BCUT2D eigenvalue weighted by Crippen LogP contribution is 2.41. The molecule has 0 atom stereocenters. The first-order chi connectivity index (χ1) is 11.7. The summed E-state index contributed by atoms with van der Waals surface area (Å²) in [5.41, 5.74) is 6.24. The van der Waals surface area contributed by atoms with Crippen molar-refractivity contribution in [2.24, 2.45) is 0 Å². The van der Waals surface area contributed by atoms with E-state index in [1.165, 1.54) is 47.4 Å². The number of anilines is 1. The molecule has 1 saturated carbocycles. The molecule has 1 heterocycles. The molecule has 0 saturated heterocycles. The molecule has 0 radical (unpaired) electrons. The Morgan fingerprint density at radius 1 is 1.29 bits per heavy atom. The van der Waals surface area contributed by atoms with E-state index in [0.717, 1.165) is 18.8 Å². The zero-order chi connectivity index (χ0) is 16.5. The highest BCUT2D eigenvalue weighted by Gasteiger charge is 2.24. The lowest BCUT2D eigenvalue weighted by Gasteiger charge is -2.20. The highest BCUT2D eigenvalue weighted by molar-refractivity contribution is 5.94. The summed E-state index contributed by atoms with van der Waals surface area (Å²) in [6.07, 6.45) is 10.1. The molecular weight excluding hydrogens is 300 g/mol. The Morgan fingerprint density at radius 2 is 2.17 bits per heavy atom. The predicted molar refractivity (Wildman–Crippen MR) is 94.4 cm³/mol.